The van der Waals surface area contributed by atoms with Crippen molar-refractivity contribution >= 4 is 21.7 Å². The summed E-state index contributed by atoms with van der Waals surface area (Å²) in [6, 6.07) is 0. The second-order valence-electron chi connectivity index (χ2n) is 6.08. The van der Waals surface area contributed by atoms with E-state index in [-0.39, 0.29) is 0 Å². The number of hydrogen-bond donors (Lipinski definition) is 1. The summed E-state index contributed by atoms with van der Waals surface area (Å²) >= 11 is 3.64. The maximum absolute atomic E-state index is 4.88. The Balaban J connectivity index is 2.31. The fourth-order valence-corrected chi connectivity index (χ4v) is 3.76. The van der Waals surface area contributed by atoms with Crippen molar-refractivity contribution in [3.63, 3.8) is 0 Å². The average molecular weight is 340 g/mol. The molecule has 0 atom stereocenters. The summed E-state index contributed by atoms with van der Waals surface area (Å²) < 4.78 is 1.02. The van der Waals surface area contributed by atoms with Gasteiger partial charge in [-0.3, -0.25) is 0 Å². The van der Waals surface area contributed by atoms with Crippen LogP contribution in [0.2, 0.25) is 0 Å². The average Bonchev–Trinajstić information content (AvgIpc) is 2.38. The molecule has 1 N–H and O–H groups in total. The van der Waals surface area contributed by atoms with Gasteiger partial charge in [-0.05, 0) is 34.7 Å². The zero-order chi connectivity index (χ0) is 14.5. The lowest BCUT2D eigenvalue weighted by molar-refractivity contribution is 0.441. The fraction of sp³-hybridized carbons (Fsp3) is 0.750. The molecule has 1 saturated carbocycles. The van der Waals surface area contributed by atoms with Gasteiger partial charge in [0.2, 0.25) is 0 Å². The summed E-state index contributed by atoms with van der Waals surface area (Å²) in [4.78, 5) is 9.64. The van der Waals surface area contributed by atoms with Gasteiger partial charge in [0.25, 0.3) is 0 Å². The fourth-order valence-electron chi connectivity index (χ4n) is 2.93. The number of nitrogens with zero attached hydrogens (tertiary/aromatic N) is 2. The van der Waals surface area contributed by atoms with Gasteiger partial charge in [-0.1, -0.05) is 46.0 Å². The SMILES string of the molecule is CNc1nc(C2CCCCCCC2)nc(C(C)C)c1Br. The van der Waals surface area contributed by atoms with Gasteiger partial charge in [0.15, 0.2) is 0 Å². The largest absolute Gasteiger partial charge is 0.372 e. The standard InChI is InChI=1S/C16H26BrN3/c1-11(2)14-13(17)16(18-3)20-15(19-14)12-9-7-5-4-6-8-10-12/h11-12H,4-10H2,1-3H3,(H,18,19,20). The van der Waals surface area contributed by atoms with Gasteiger partial charge < -0.3 is 5.32 Å². The van der Waals surface area contributed by atoms with Crippen LogP contribution in [0.15, 0.2) is 4.47 Å². The van der Waals surface area contributed by atoms with E-state index >= 15 is 0 Å². The molecule has 4 heteroatoms. The van der Waals surface area contributed by atoms with Gasteiger partial charge in [-0.2, -0.15) is 0 Å². The number of nitrogens with one attached hydrogen (secondary N) is 1. The van der Waals surface area contributed by atoms with Crippen molar-refractivity contribution in [2.45, 2.75) is 70.6 Å². The van der Waals surface area contributed by atoms with Crippen LogP contribution in [0, 0.1) is 0 Å². The lowest BCUT2D eigenvalue weighted by atomic mass is 9.90. The summed E-state index contributed by atoms with van der Waals surface area (Å²) in [6.45, 7) is 4.38. The van der Waals surface area contributed by atoms with Crippen molar-refractivity contribution in [1.82, 2.24) is 9.97 Å². The molecule has 0 spiro atoms. The van der Waals surface area contributed by atoms with Gasteiger partial charge in [0.1, 0.15) is 11.6 Å². The van der Waals surface area contributed by atoms with Crippen LogP contribution in [-0.2, 0) is 0 Å². The predicted molar refractivity (Wildman–Crippen MR) is 88.4 cm³/mol. The molecule has 0 amide bonds. The molecule has 2 rings (SSSR count). The van der Waals surface area contributed by atoms with E-state index in [2.05, 4.69) is 35.1 Å². The first kappa shape index (κ1) is 15.7. The number of anilines is 1. The minimum atomic E-state index is 0.409. The Kier molecular flexibility index (Phi) is 5.82. The lowest BCUT2D eigenvalue weighted by Gasteiger charge is -2.21. The minimum Gasteiger partial charge on any atom is -0.372 e. The van der Waals surface area contributed by atoms with Gasteiger partial charge >= 0.3 is 0 Å². The van der Waals surface area contributed by atoms with Crippen LogP contribution in [0.4, 0.5) is 5.82 Å². The van der Waals surface area contributed by atoms with Crippen LogP contribution in [-0.4, -0.2) is 17.0 Å². The summed E-state index contributed by atoms with van der Waals surface area (Å²) in [7, 11) is 1.93. The Morgan fingerprint density at radius 1 is 1.05 bits per heavy atom. The molecule has 3 nitrogen and oxygen atoms in total. The van der Waals surface area contributed by atoms with Crippen molar-refractivity contribution in [3.8, 4) is 0 Å². The van der Waals surface area contributed by atoms with E-state index in [1.165, 1.54) is 44.9 Å². The van der Waals surface area contributed by atoms with Crippen molar-refractivity contribution in [3.05, 3.63) is 16.0 Å². The molecule has 0 aliphatic heterocycles. The molecule has 1 aliphatic rings. The number of hydrogen-bond acceptors (Lipinski definition) is 3. The smallest absolute Gasteiger partial charge is 0.144 e. The molecule has 112 valence electrons. The molecule has 1 heterocycles. The van der Waals surface area contributed by atoms with E-state index in [0.717, 1.165) is 21.8 Å². The lowest BCUT2D eigenvalue weighted by Crippen LogP contribution is -2.12. The van der Waals surface area contributed by atoms with Crippen LogP contribution >= 0.6 is 15.9 Å². The van der Waals surface area contributed by atoms with Crippen LogP contribution in [0.5, 0.6) is 0 Å². The van der Waals surface area contributed by atoms with E-state index in [1.807, 2.05) is 7.05 Å². The highest BCUT2D eigenvalue weighted by molar-refractivity contribution is 9.10. The zero-order valence-corrected chi connectivity index (χ0v) is 14.5. The van der Waals surface area contributed by atoms with Crippen LogP contribution < -0.4 is 5.32 Å². The van der Waals surface area contributed by atoms with Gasteiger partial charge in [-0.25, -0.2) is 9.97 Å². The second-order valence-corrected chi connectivity index (χ2v) is 6.87. The monoisotopic (exact) mass is 339 g/mol. The first-order valence-corrected chi connectivity index (χ1v) is 8.67. The van der Waals surface area contributed by atoms with E-state index in [4.69, 9.17) is 9.97 Å². The third-order valence-corrected chi connectivity index (χ3v) is 4.93. The summed E-state index contributed by atoms with van der Waals surface area (Å²) in [5.74, 6) is 2.92. The van der Waals surface area contributed by atoms with Gasteiger partial charge in [0, 0.05) is 13.0 Å². The molecule has 0 radical (unpaired) electrons. The van der Waals surface area contributed by atoms with Crippen LogP contribution in [0.25, 0.3) is 0 Å². The molecule has 0 saturated heterocycles. The molecule has 1 aromatic heterocycles. The predicted octanol–water partition coefficient (Wildman–Crippen LogP) is 5.23. The molecule has 0 aromatic carbocycles. The highest BCUT2D eigenvalue weighted by Gasteiger charge is 2.21. The third kappa shape index (κ3) is 3.72. The maximum atomic E-state index is 4.88. The first-order valence-electron chi connectivity index (χ1n) is 7.88. The van der Waals surface area contributed by atoms with Gasteiger partial charge in [-0.15, -0.1) is 0 Å². The van der Waals surface area contributed by atoms with E-state index in [1.54, 1.807) is 0 Å². The summed E-state index contributed by atoms with van der Waals surface area (Å²) in [5, 5.41) is 3.20. The number of aromatic nitrogens is 2. The maximum Gasteiger partial charge on any atom is 0.144 e. The Hall–Kier alpha value is -0.640. The van der Waals surface area contributed by atoms with Crippen molar-refractivity contribution < 1.29 is 0 Å². The normalized spacial score (nSPS) is 17.9. The zero-order valence-electron chi connectivity index (χ0n) is 12.9. The Morgan fingerprint density at radius 3 is 2.20 bits per heavy atom. The van der Waals surface area contributed by atoms with E-state index in [0.29, 0.717) is 11.8 Å². The molecule has 1 aromatic rings. The molecule has 1 aliphatic carbocycles. The highest BCUT2D eigenvalue weighted by Crippen LogP contribution is 2.34. The topological polar surface area (TPSA) is 37.8 Å². The molecule has 1 fully saturated rings. The quantitative estimate of drug-likeness (QED) is 0.818. The summed E-state index contributed by atoms with van der Waals surface area (Å²) in [6.07, 6.45) is 9.23. The third-order valence-electron chi connectivity index (χ3n) is 4.15. The Labute approximate surface area is 131 Å². The highest BCUT2D eigenvalue weighted by atomic mass is 79.9. The van der Waals surface area contributed by atoms with Crippen LogP contribution in [0.3, 0.4) is 0 Å². The van der Waals surface area contributed by atoms with E-state index < -0.39 is 0 Å². The molecular weight excluding hydrogens is 314 g/mol. The van der Waals surface area contributed by atoms with E-state index in [9.17, 15) is 0 Å². The van der Waals surface area contributed by atoms with Gasteiger partial charge in [0.05, 0.1) is 10.2 Å². The van der Waals surface area contributed by atoms with Crippen molar-refractivity contribution in [2.24, 2.45) is 0 Å². The van der Waals surface area contributed by atoms with Crippen LogP contribution in [0.1, 0.15) is 82.1 Å². The summed E-state index contributed by atoms with van der Waals surface area (Å²) in [5.41, 5.74) is 1.13. The second kappa shape index (κ2) is 7.39. The molecular formula is C16H26BrN3. The minimum absolute atomic E-state index is 0.409. The van der Waals surface area contributed by atoms with Crippen molar-refractivity contribution in [1.29, 1.82) is 0 Å². The number of halogens is 1. The van der Waals surface area contributed by atoms with Crippen molar-refractivity contribution in [2.75, 3.05) is 12.4 Å². The Bertz CT molecular complexity index is 438. The molecule has 0 bridgehead atoms. The first-order chi connectivity index (χ1) is 9.63. The molecule has 0 unspecified atom stereocenters. The Morgan fingerprint density at radius 2 is 1.65 bits per heavy atom. The molecule has 20 heavy (non-hydrogen) atoms. The number of rotatable bonds is 3.